The maximum absolute atomic E-state index is 12.4. The Bertz CT molecular complexity index is 580. The molecule has 0 aliphatic carbocycles. The smallest absolute Gasteiger partial charge is 0.240 e. The molecule has 1 aromatic carbocycles. The first-order valence-corrected chi connectivity index (χ1v) is 8.05. The average molecular weight is 300 g/mol. The van der Waals surface area contributed by atoms with Gasteiger partial charge in [-0.2, -0.15) is 0 Å². The summed E-state index contributed by atoms with van der Waals surface area (Å²) in [6.07, 6.45) is 0.532. The molecule has 0 amide bonds. The lowest BCUT2D eigenvalue weighted by Gasteiger charge is -2.24. The van der Waals surface area contributed by atoms with Gasteiger partial charge in [-0.1, -0.05) is 13.8 Å². The van der Waals surface area contributed by atoms with Gasteiger partial charge in [0, 0.05) is 18.8 Å². The number of aliphatic hydroxyl groups excluding tert-OH is 1. The van der Waals surface area contributed by atoms with Crippen molar-refractivity contribution in [2.75, 3.05) is 18.9 Å². The molecule has 0 saturated carbocycles. The monoisotopic (exact) mass is 300 g/mol. The van der Waals surface area contributed by atoms with E-state index in [1.165, 1.54) is 0 Å². The lowest BCUT2D eigenvalue weighted by Crippen LogP contribution is -2.35. The highest BCUT2D eigenvalue weighted by molar-refractivity contribution is 7.89. The Morgan fingerprint density at radius 1 is 1.30 bits per heavy atom. The predicted molar refractivity (Wildman–Crippen MR) is 81.0 cm³/mol. The quantitative estimate of drug-likeness (QED) is 0.695. The van der Waals surface area contributed by atoms with Crippen molar-refractivity contribution in [3.05, 3.63) is 23.3 Å². The van der Waals surface area contributed by atoms with E-state index in [-0.39, 0.29) is 23.5 Å². The molecule has 0 saturated heterocycles. The molecule has 4 N–H and O–H groups in total. The van der Waals surface area contributed by atoms with Gasteiger partial charge in [0.2, 0.25) is 10.0 Å². The molecule has 20 heavy (non-hydrogen) atoms. The second kappa shape index (κ2) is 6.11. The van der Waals surface area contributed by atoms with Gasteiger partial charge < -0.3 is 10.8 Å². The number of anilines is 1. The van der Waals surface area contributed by atoms with Gasteiger partial charge >= 0.3 is 0 Å². The van der Waals surface area contributed by atoms with E-state index in [0.717, 1.165) is 5.56 Å². The normalized spacial score (nSPS) is 12.7. The Hall–Kier alpha value is -1.11. The molecule has 0 radical (unpaired) electrons. The summed E-state index contributed by atoms with van der Waals surface area (Å²) in [5.41, 5.74) is 7.36. The fourth-order valence-electron chi connectivity index (χ4n) is 1.89. The molecule has 0 heterocycles. The van der Waals surface area contributed by atoms with E-state index < -0.39 is 10.0 Å². The van der Waals surface area contributed by atoms with Crippen LogP contribution in [0, 0.1) is 19.3 Å². The average Bonchev–Trinajstić information content (AvgIpc) is 2.31. The first-order chi connectivity index (χ1) is 9.09. The van der Waals surface area contributed by atoms with Crippen molar-refractivity contribution in [3.8, 4) is 0 Å². The van der Waals surface area contributed by atoms with Crippen LogP contribution in [0.4, 0.5) is 5.69 Å². The number of benzene rings is 1. The van der Waals surface area contributed by atoms with E-state index in [4.69, 9.17) is 10.8 Å². The highest BCUT2D eigenvalue weighted by Gasteiger charge is 2.23. The molecular formula is C14H24N2O3S. The molecule has 114 valence electrons. The number of hydrogen-bond acceptors (Lipinski definition) is 4. The van der Waals surface area contributed by atoms with E-state index in [1.54, 1.807) is 19.1 Å². The van der Waals surface area contributed by atoms with Gasteiger partial charge in [-0.3, -0.25) is 0 Å². The fraction of sp³-hybridized carbons (Fsp3) is 0.571. The molecule has 0 aliphatic rings. The SMILES string of the molecule is Cc1cc(N)c(C)c(S(=O)(=O)NCC(C)(C)CCO)c1. The van der Waals surface area contributed by atoms with Gasteiger partial charge in [0.15, 0.2) is 0 Å². The number of sulfonamides is 1. The van der Waals surface area contributed by atoms with Gasteiger partial charge in [0.25, 0.3) is 0 Å². The molecule has 5 nitrogen and oxygen atoms in total. The Morgan fingerprint density at radius 3 is 2.45 bits per heavy atom. The molecule has 0 spiro atoms. The van der Waals surface area contributed by atoms with Crippen LogP contribution in [0.1, 0.15) is 31.4 Å². The van der Waals surface area contributed by atoms with Crippen LogP contribution in [0.2, 0.25) is 0 Å². The number of aliphatic hydroxyl groups is 1. The third kappa shape index (κ3) is 4.19. The van der Waals surface area contributed by atoms with Crippen LogP contribution in [-0.2, 0) is 10.0 Å². The fourth-order valence-corrected chi connectivity index (χ4v) is 3.49. The van der Waals surface area contributed by atoms with Gasteiger partial charge in [-0.05, 0) is 48.9 Å². The molecular weight excluding hydrogens is 276 g/mol. The number of hydrogen-bond donors (Lipinski definition) is 3. The van der Waals surface area contributed by atoms with Crippen LogP contribution in [0.15, 0.2) is 17.0 Å². The van der Waals surface area contributed by atoms with Crippen molar-refractivity contribution < 1.29 is 13.5 Å². The Kier molecular flexibility index (Phi) is 5.18. The van der Waals surface area contributed by atoms with Crippen molar-refractivity contribution in [1.29, 1.82) is 0 Å². The maximum atomic E-state index is 12.4. The summed E-state index contributed by atoms with van der Waals surface area (Å²) in [6, 6.07) is 3.37. The summed E-state index contributed by atoms with van der Waals surface area (Å²) in [6.45, 7) is 7.62. The second-order valence-electron chi connectivity index (χ2n) is 5.94. The predicted octanol–water partition coefficient (Wildman–Crippen LogP) is 1.57. The molecule has 0 aromatic heterocycles. The highest BCUT2D eigenvalue weighted by atomic mass is 32.2. The molecule has 0 fully saturated rings. The zero-order valence-corrected chi connectivity index (χ0v) is 13.3. The lowest BCUT2D eigenvalue weighted by molar-refractivity contribution is 0.213. The number of rotatable bonds is 6. The lowest BCUT2D eigenvalue weighted by atomic mass is 9.90. The van der Waals surface area contributed by atoms with Crippen LogP contribution >= 0.6 is 0 Å². The van der Waals surface area contributed by atoms with Crippen molar-refractivity contribution in [3.63, 3.8) is 0 Å². The minimum atomic E-state index is -3.60. The topological polar surface area (TPSA) is 92.4 Å². The number of nitrogens with two attached hydrogens (primary N) is 1. The number of aryl methyl sites for hydroxylation is 1. The first kappa shape index (κ1) is 16.9. The van der Waals surface area contributed by atoms with Gasteiger partial charge in [0.1, 0.15) is 0 Å². The minimum absolute atomic E-state index is 0.0329. The van der Waals surface area contributed by atoms with Crippen molar-refractivity contribution in [1.82, 2.24) is 4.72 Å². The summed E-state index contributed by atoms with van der Waals surface area (Å²) >= 11 is 0. The third-order valence-electron chi connectivity index (χ3n) is 3.36. The first-order valence-electron chi connectivity index (χ1n) is 6.56. The van der Waals surface area contributed by atoms with E-state index in [1.807, 2.05) is 20.8 Å². The standard InChI is InChI=1S/C14H24N2O3S/c1-10-7-12(15)11(2)13(8-10)20(18,19)16-9-14(3,4)5-6-17/h7-8,16-17H,5-6,9,15H2,1-4H3. The van der Waals surface area contributed by atoms with E-state index in [9.17, 15) is 8.42 Å². The zero-order chi connectivity index (χ0) is 15.6. The van der Waals surface area contributed by atoms with Crippen LogP contribution < -0.4 is 10.5 Å². The van der Waals surface area contributed by atoms with Crippen LogP contribution in [0.25, 0.3) is 0 Å². The molecule has 0 bridgehead atoms. The zero-order valence-electron chi connectivity index (χ0n) is 12.5. The summed E-state index contributed by atoms with van der Waals surface area (Å²) in [5.74, 6) is 0. The van der Waals surface area contributed by atoms with Crippen molar-refractivity contribution in [2.45, 2.75) is 39.0 Å². The highest BCUT2D eigenvalue weighted by Crippen LogP contribution is 2.24. The van der Waals surface area contributed by atoms with Crippen LogP contribution in [0.3, 0.4) is 0 Å². The molecule has 0 aliphatic heterocycles. The maximum Gasteiger partial charge on any atom is 0.240 e. The van der Waals surface area contributed by atoms with E-state index in [0.29, 0.717) is 17.7 Å². The Balaban J connectivity index is 3.01. The summed E-state index contributed by atoms with van der Waals surface area (Å²) < 4.78 is 27.4. The summed E-state index contributed by atoms with van der Waals surface area (Å²) in [4.78, 5) is 0.217. The molecule has 6 heteroatoms. The Morgan fingerprint density at radius 2 is 1.90 bits per heavy atom. The molecule has 0 unspecified atom stereocenters. The van der Waals surface area contributed by atoms with Crippen molar-refractivity contribution in [2.24, 2.45) is 5.41 Å². The number of nitrogen functional groups attached to an aromatic ring is 1. The summed E-state index contributed by atoms with van der Waals surface area (Å²) in [7, 11) is -3.60. The molecule has 1 aromatic rings. The van der Waals surface area contributed by atoms with Gasteiger partial charge in [-0.15, -0.1) is 0 Å². The van der Waals surface area contributed by atoms with Crippen LogP contribution in [0.5, 0.6) is 0 Å². The molecule has 0 atom stereocenters. The van der Waals surface area contributed by atoms with E-state index in [2.05, 4.69) is 4.72 Å². The van der Waals surface area contributed by atoms with E-state index >= 15 is 0 Å². The summed E-state index contributed by atoms with van der Waals surface area (Å²) in [5, 5.41) is 8.97. The van der Waals surface area contributed by atoms with Gasteiger partial charge in [0.05, 0.1) is 4.90 Å². The minimum Gasteiger partial charge on any atom is -0.398 e. The molecule has 1 rings (SSSR count). The van der Waals surface area contributed by atoms with Crippen molar-refractivity contribution >= 4 is 15.7 Å². The third-order valence-corrected chi connectivity index (χ3v) is 4.89. The second-order valence-corrected chi connectivity index (χ2v) is 7.68. The number of nitrogens with one attached hydrogen (secondary N) is 1. The van der Waals surface area contributed by atoms with Crippen LogP contribution in [-0.4, -0.2) is 26.7 Å². The Labute approximate surface area is 121 Å². The largest absolute Gasteiger partial charge is 0.398 e. The van der Waals surface area contributed by atoms with Gasteiger partial charge in [-0.25, -0.2) is 13.1 Å².